The molecule has 0 aliphatic carbocycles. The molecule has 1 fully saturated rings. The minimum Gasteiger partial charge on any atom is -0.347 e. The summed E-state index contributed by atoms with van der Waals surface area (Å²) in [7, 11) is 0. The summed E-state index contributed by atoms with van der Waals surface area (Å²) in [6.45, 7) is 2.11. The summed E-state index contributed by atoms with van der Waals surface area (Å²) >= 11 is 7.22. The molecule has 8 heteroatoms. The number of nitrogens with zero attached hydrogens (tertiary/aromatic N) is 3. The summed E-state index contributed by atoms with van der Waals surface area (Å²) in [5.41, 5.74) is 2.36. The molecule has 1 aromatic heterocycles. The Kier molecular flexibility index (Phi) is 5.78. The normalized spacial score (nSPS) is 13.8. The Morgan fingerprint density at radius 3 is 2.59 bits per heavy atom. The molecule has 29 heavy (non-hydrogen) atoms. The minimum absolute atomic E-state index is 0.106. The summed E-state index contributed by atoms with van der Waals surface area (Å²) in [4.78, 5) is 32.9. The predicted molar refractivity (Wildman–Crippen MR) is 114 cm³/mol. The van der Waals surface area contributed by atoms with Gasteiger partial charge in [-0.1, -0.05) is 54.1 Å². The molecular weight excluding hydrogens is 408 g/mol. The largest absolute Gasteiger partial charge is 0.347 e. The first-order valence-electron chi connectivity index (χ1n) is 9.19. The van der Waals surface area contributed by atoms with Crippen LogP contribution in [0.25, 0.3) is 0 Å². The van der Waals surface area contributed by atoms with Crippen molar-refractivity contribution >= 4 is 40.0 Å². The second-order valence-corrected chi connectivity index (χ2v) is 7.94. The number of amides is 3. The van der Waals surface area contributed by atoms with Gasteiger partial charge in [0, 0.05) is 36.6 Å². The summed E-state index contributed by atoms with van der Waals surface area (Å²) < 4.78 is 0. The lowest BCUT2D eigenvalue weighted by molar-refractivity contribution is 0.0946. The van der Waals surface area contributed by atoms with Crippen LogP contribution in [-0.4, -0.2) is 34.9 Å². The van der Waals surface area contributed by atoms with Gasteiger partial charge in [-0.05, 0) is 23.3 Å². The smallest absolute Gasteiger partial charge is 0.326 e. The van der Waals surface area contributed by atoms with Gasteiger partial charge in [0.1, 0.15) is 5.69 Å². The van der Waals surface area contributed by atoms with Crippen LogP contribution in [0.5, 0.6) is 0 Å². The van der Waals surface area contributed by atoms with Crippen LogP contribution in [0.1, 0.15) is 21.6 Å². The first-order chi connectivity index (χ1) is 14.1. The van der Waals surface area contributed by atoms with Gasteiger partial charge in [-0.3, -0.25) is 9.69 Å². The van der Waals surface area contributed by atoms with Gasteiger partial charge in [0.2, 0.25) is 0 Å². The SMILES string of the molecule is O=C(NCc1ccccc1)c1csc(N2CCN(Cc3ccc(Cl)cc3)C2=O)n1. The van der Waals surface area contributed by atoms with E-state index in [-0.39, 0.29) is 11.9 Å². The van der Waals surface area contributed by atoms with Gasteiger partial charge in [0.15, 0.2) is 5.13 Å². The van der Waals surface area contributed by atoms with Crippen molar-refractivity contribution in [1.82, 2.24) is 15.2 Å². The zero-order chi connectivity index (χ0) is 20.2. The highest BCUT2D eigenvalue weighted by Crippen LogP contribution is 2.25. The Hall–Kier alpha value is -2.90. The van der Waals surface area contributed by atoms with Crippen molar-refractivity contribution < 1.29 is 9.59 Å². The molecule has 0 radical (unpaired) electrons. The van der Waals surface area contributed by atoms with Gasteiger partial charge in [-0.2, -0.15) is 0 Å². The van der Waals surface area contributed by atoms with Gasteiger partial charge >= 0.3 is 6.03 Å². The Balaban J connectivity index is 1.37. The van der Waals surface area contributed by atoms with Crippen LogP contribution in [0.3, 0.4) is 0 Å². The third-order valence-electron chi connectivity index (χ3n) is 4.63. The van der Waals surface area contributed by atoms with Crippen molar-refractivity contribution in [2.24, 2.45) is 0 Å². The van der Waals surface area contributed by atoms with Gasteiger partial charge in [-0.15, -0.1) is 11.3 Å². The van der Waals surface area contributed by atoms with E-state index in [1.165, 1.54) is 11.3 Å². The van der Waals surface area contributed by atoms with E-state index in [1.54, 1.807) is 15.2 Å². The molecule has 3 amide bonds. The second kappa shape index (κ2) is 8.63. The zero-order valence-electron chi connectivity index (χ0n) is 15.5. The molecule has 0 bridgehead atoms. The van der Waals surface area contributed by atoms with E-state index < -0.39 is 0 Å². The first kappa shape index (κ1) is 19.4. The van der Waals surface area contributed by atoms with Gasteiger partial charge < -0.3 is 10.2 Å². The first-order valence-corrected chi connectivity index (χ1v) is 10.4. The number of anilines is 1. The number of aromatic nitrogens is 1. The van der Waals surface area contributed by atoms with E-state index in [4.69, 9.17) is 11.6 Å². The highest BCUT2D eigenvalue weighted by atomic mass is 35.5. The molecule has 4 rings (SSSR count). The number of halogens is 1. The fraction of sp³-hybridized carbons (Fsp3) is 0.190. The van der Waals surface area contributed by atoms with E-state index in [2.05, 4.69) is 10.3 Å². The van der Waals surface area contributed by atoms with Crippen LogP contribution in [-0.2, 0) is 13.1 Å². The lowest BCUT2D eigenvalue weighted by Crippen LogP contribution is -2.31. The number of benzene rings is 2. The number of urea groups is 1. The van der Waals surface area contributed by atoms with Gasteiger partial charge in [0.05, 0.1) is 0 Å². The molecule has 6 nitrogen and oxygen atoms in total. The van der Waals surface area contributed by atoms with Crippen molar-refractivity contribution in [1.29, 1.82) is 0 Å². The molecule has 0 spiro atoms. The zero-order valence-corrected chi connectivity index (χ0v) is 17.1. The molecule has 0 saturated carbocycles. The molecule has 148 valence electrons. The average Bonchev–Trinajstić information content (AvgIpc) is 3.36. The highest BCUT2D eigenvalue weighted by molar-refractivity contribution is 7.14. The maximum atomic E-state index is 12.8. The average molecular weight is 427 g/mol. The molecular formula is C21H19ClN4O2S. The number of nitrogens with one attached hydrogen (secondary N) is 1. The van der Waals surface area contributed by atoms with Gasteiger partial charge in [0.25, 0.3) is 5.91 Å². The molecule has 0 atom stereocenters. The lowest BCUT2D eigenvalue weighted by Gasteiger charge is -2.17. The van der Waals surface area contributed by atoms with Crippen LogP contribution < -0.4 is 10.2 Å². The summed E-state index contributed by atoms with van der Waals surface area (Å²) in [6.07, 6.45) is 0. The van der Waals surface area contributed by atoms with E-state index in [0.29, 0.717) is 42.0 Å². The molecule has 3 aromatic rings. The van der Waals surface area contributed by atoms with E-state index in [0.717, 1.165) is 11.1 Å². The molecule has 0 unspecified atom stereocenters. The van der Waals surface area contributed by atoms with Crippen molar-refractivity contribution in [2.75, 3.05) is 18.0 Å². The number of thiazole rings is 1. The van der Waals surface area contributed by atoms with Crippen molar-refractivity contribution in [3.8, 4) is 0 Å². The Morgan fingerprint density at radius 2 is 1.83 bits per heavy atom. The number of carbonyl (C=O) groups is 2. The minimum atomic E-state index is -0.249. The monoisotopic (exact) mass is 426 g/mol. The predicted octanol–water partition coefficient (Wildman–Crippen LogP) is 4.17. The maximum Gasteiger partial charge on any atom is 0.326 e. The fourth-order valence-electron chi connectivity index (χ4n) is 3.08. The number of hydrogen-bond donors (Lipinski definition) is 1. The lowest BCUT2D eigenvalue weighted by atomic mass is 10.2. The Bertz CT molecular complexity index is 1010. The fourth-order valence-corrected chi connectivity index (χ4v) is 4.03. The highest BCUT2D eigenvalue weighted by Gasteiger charge is 2.31. The Labute approximate surface area is 177 Å². The van der Waals surface area contributed by atoms with Gasteiger partial charge in [-0.25, -0.2) is 9.78 Å². The molecule has 1 N–H and O–H groups in total. The number of hydrogen-bond acceptors (Lipinski definition) is 4. The van der Waals surface area contributed by atoms with Crippen LogP contribution in [0, 0.1) is 0 Å². The maximum absolute atomic E-state index is 12.8. The summed E-state index contributed by atoms with van der Waals surface area (Å²) in [6, 6.07) is 17.0. The van der Waals surface area contributed by atoms with E-state index >= 15 is 0 Å². The molecule has 1 saturated heterocycles. The van der Waals surface area contributed by atoms with E-state index in [1.807, 2.05) is 54.6 Å². The molecule has 1 aliphatic rings. The van der Waals surface area contributed by atoms with Crippen molar-refractivity contribution in [2.45, 2.75) is 13.1 Å². The van der Waals surface area contributed by atoms with Crippen LogP contribution >= 0.6 is 22.9 Å². The van der Waals surface area contributed by atoms with Crippen molar-refractivity contribution in [3.63, 3.8) is 0 Å². The topological polar surface area (TPSA) is 65.5 Å². The molecule has 1 aliphatic heterocycles. The van der Waals surface area contributed by atoms with Crippen LogP contribution in [0.15, 0.2) is 60.0 Å². The second-order valence-electron chi connectivity index (χ2n) is 6.67. The third kappa shape index (κ3) is 4.58. The van der Waals surface area contributed by atoms with Crippen molar-refractivity contribution in [3.05, 3.63) is 81.8 Å². The van der Waals surface area contributed by atoms with Crippen LogP contribution in [0.4, 0.5) is 9.93 Å². The summed E-state index contributed by atoms with van der Waals surface area (Å²) in [5.74, 6) is -0.249. The quantitative estimate of drug-likeness (QED) is 0.643. The van der Waals surface area contributed by atoms with Crippen LogP contribution in [0.2, 0.25) is 5.02 Å². The standard InChI is InChI=1S/C21H19ClN4O2S/c22-17-8-6-16(7-9-17)13-25-10-11-26(21(25)28)20-24-18(14-29-20)19(27)23-12-15-4-2-1-3-5-15/h1-9,14H,10-13H2,(H,23,27). The Morgan fingerprint density at radius 1 is 1.07 bits per heavy atom. The molecule has 2 heterocycles. The summed E-state index contributed by atoms with van der Waals surface area (Å²) in [5, 5.41) is 5.75. The van der Waals surface area contributed by atoms with E-state index in [9.17, 15) is 9.59 Å². The number of rotatable bonds is 6. The number of carbonyl (C=O) groups excluding carboxylic acids is 2. The third-order valence-corrected chi connectivity index (χ3v) is 5.75. The molecule has 2 aromatic carbocycles.